The molecule has 1 unspecified atom stereocenters. The summed E-state index contributed by atoms with van der Waals surface area (Å²) in [6.07, 6.45) is -0.304. The summed E-state index contributed by atoms with van der Waals surface area (Å²) < 4.78 is 10.5. The number of carbonyl (C=O) groups excluding carboxylic acids is 1. The van der Waals surface area contributed by atoms with E-state index in [4.69, 9.17) is 15.2 Å². The fourth-order valence-corrected chi connectivity index (χ4v) is 0.985. The summed E-state index contributed by atoms with van der Waals surface area (Å²) in [7, 11) is 0. The van der Waals surface area contributed by atoms with Crippen LogP contribution in [0.3, 0.4) is 0 Å². The molecular formula is C12H25NO3. The molecule has 0 aliphatic carbocycles. The Morgan fingerprint density at radius 3 is 2.00 bits per heavy atom. The first-order valence-corrected chi connectivity index (χ1v) is 5.88. The lowest BCUT2D eigenvalue weighted by Gasteiger charge is -2.20. The van der Waals surface area contributed by atoms with Crippen molar-refractivity contribution in [1.29, 1.82) is 0 Å². The molecule has 0 rings (SSSR count). The Kier molecular flexibility index (Phi) is 7.34. The molecule has 16 heavy (non-hydrogen) atoms. The van der Waals surface area contributed by atoms with E-state index in [0.29, 0.717) is 25.0 Å². The van der Waals surface area contributed by atoms with Gasteiger partial charge in [0.1, 0.15) is 6.04 Å². The van der Waals surface area contributed by atoms with E-state index in [2.05, 4.69) is 13.8 Å². The lowest BCUT2D eigenvalue weighted by Crippen LogP contribution is -2.43. The van der Waals surface area contributed by atoms with E-state index in [1.807, 2.05) is 13.8 Å². The van der Waals surface area contributed by atoms with Gasteiger partial charge in [-0.25, -0.2) is 0 Å². The lowest BCUT2D eigenvalue weighted by molar-refractivity contribution is -0.150. The maximum atomic E-state index is 11.5. The quantitative estimate of drug-likeness (QED) is 0.676. The van der Waals surface area contributed by atoms with Crippen molar-refractivity contribution in [1.82, 2.24) is 0 Å². The van der Waals surface area contributed by atoms with Crippen LogP contribution in [0.5, 0.6) is 0 Å². The molecule has 0 aliphatic heterocycles. The highest BCUT2D eigenvalue weighted by molar-refractivity contribution is 5.76. The van der Waals surface area contributed by atoms with E-state index < -0.39 is 6.04 Å². The predicted octanol–water partition coefficient (Wildman–Crippen LogP) is 1.57. The van der Waals surface area contributed by atoms with Crippen LogP contribution in [0.4, 0.5) is 0 Å². The van der Waals surface area contributed by atoms with Gasteiger partial charge >= 0.3 is 5.97 Å². The first-order valence-electron chi connectivity index (χ1n) is 5.88. The first kappa shape index (κ1) is 15.4. The Hall–Kier alpha value is -0.610. The van der Waals surface area contributed by atoms with Gasteiger partial charge < -0.3 is 15.2 Å². The number of rotatable bonds is 7. The minimum Gasteiger partial charge on any atom is -0.464 e. The van der Waals surface area contributed by atoms with Gasteiger partial charge in [0.2, 0.25) is 0 Å². The summed E-state index contributed by atoms with van der Waals surface area (Å²) >= 11 is 0. The molecule has 96 valence electrons. The molecular weight excluding hydrogens is 206 g/mol. The van der Waals surface area contributed by atoms with Crippen LogP contribution in [-0.4, -0.2) is 31.3 Å². The average molecular weight is 231 g/mol. The zero-order valence-electron chi connectivity index (χ0n) is 11.0. The van der Waals surface area contributed by atoms with Crippen LogP contribution < -0.4 is 5.73 Å². The van der Waals surface area contributed by atoms with Crippen LogP contribution >= 0.6 is 0 Å². The van der Waals surface area contributed by atoms with Crippen molar-refractivity contribution in [2.24, 2.45) is 17.6 Å². The zero-order valence-corrected chi connectivity index (χ0v) is 11.0. The molecule has 0 fully saturated rings. The monoisotopic (exact) mass is 231 g/mol. The first-order chi connectivity index (χ1) is 7.34. The molecule has 0 aromatic heterocycles. The van der Waals surface area contributed by atoms with Gasteiger partial charge in [0, 0.05) is 6.61 Å². The van der Waals surface area contributed by atoms with Gasteiger partial charge in [-0.15, -0.1) is 0 Å². The Morgan fingerprint density at radius 2 is 1.56 bits per heavy atom. The van der Waals surface area contributed by atoms with Gasteiger partial charge in [-0.05, 0) is 18.8 Å². The fraction of sp³-hybridized carbons (Fsp3) is 0.917. The number of nitrogens with two attached hydrogens (primary N) is 1. The Balaban J connectivity index is 3.91. The third-order valence-electron chi connectivity index (χ3n) is 2.03. The largest absolute Gasteiger partial charge is 0.464 e. The summed E-state index contributed by atoms with van der Waals surface area (Å²) in [5.41, 5.74) is 5.73. The van der Waals surface area contributed by atoms with Crippen LogP contribution in [-0.2, 0) is 14.3 Å². The molecule has 0 saturated carbocycles. The van der Waals surface area contributed by atoms with Crippen molar-refractivity contribution in [2.75, 3.05) is 13.2 Å². The van der Waals surface area contributed by atoms with E-state index in [1.165, 1.54) is 0 Å². The van der Waals surface area contributed by atoms with Crippen molar-refractivity contribution in [3.63, 3.8) is 0 Å². The number of carbonyl (C=O) groups is 1. The molecule has 4 nitrogen and oxygen atoms in total. The minimum absolute atomic E-state index is 0.304. The maximum Gasteiger partial charge on any atom is 0.325 e. The molecule has 4 heteroatoms. The molecule has 0 aromatic rings. The van der Waals surface area contributed by atoms with Crippen molar-refractivity contribution in [3.8, 4) is 0 Å². The van der Waals surface area contributed by atoms with Crippen molar-refractivity contribution >= 4 is 5.97 Å². The molecule has 2 N–H and O–H groups in total. The predicted molar refractivity (Wildman–Crippen MR) is 64.0 cm³/mol. The van der Waals surface area contributed by atoms with E-state index in [-0.39, 0.29) is 12.1 Å². The molecule has 0 aromatic carbocycles. The van der Waals surface area contributed by atoms with E-state index in [1.54, 1.807) is 6.92 Å². The molecule has 0 radical (unpaired) electrons. The Morgan fingerprint density at radius 1 is 1.06 bits per heavy atom. The third-order valence-corrected chi connectivity index (χ3v) is 2.03. The number of hydrogen-bond donors (Lipinski definition) is 1. The van der Waals surface area contributed by atoms with Crippen LogP contribution in [0, 0.1) is 11.8 Å². The van der Waals surface area contributed by atoms with E-state index >= 15 is 0 Å². The van der Waals surface area contributed by atoms with Crippen molar-refractivity contribution in [2.45, 2.75) is 46.8 Å². The maximum absolute atomic E-state index is 11.5. The van der Waals surface area contributed by atoms with Gasteiger partial charge in [-0.3, -0.25) is 4.79 Å². The lowest BCUT2D eigenvalue weighted by atomic mass is 10.2. The summed E-state index contributed by atoms with van der Waals surface area (Å²) in [6, 6.07) is -0.697. The second-order valence-corrected chi connectivity index (χ2v) is 4.98. The highest BCUT2D eigenvalue weighted by Gasteiger charge is 2.23. The van der Waals surface area contributed by atoms with Gasteiger partial charge in [0.05, 0.1) is 12.7 Å². The van der Waals surface area contributed by atoms with Gasteiger partial charge in [0.25, 0.3) is 0 Å². The highest BCUT2D eigenvalue weighted by atomic mass is 16.5. The van der Waals surface area contributed by atoms with Crippen LogP contribution in [0.1, 0.15) is 34.6 Å². The smallest absolute Gasteiger partial charge is 0.325 e. The van der Waals surface area contributed by atoms with Gasteiger partial charge in [-0.2, -0.15) is 0 Å². The fourth-order valence-electron chi connectivity index (χ4n) is 0.985. The van der Waals surface area contributed by atoms with Gasteiger partial charge in [0.15, 0.2) is 0 Å². The van der Waals surface area contributed by atoms with Crippen molar-refractivity contribution < 1.29 is 14.3 Å². The molecule has 0 amide bonds. The topological polar surface area (TPSA) is 61.5 Å². The number of esters is 1. The molecule has 0 saturated heterocycles. The highest BCUT2D eigenvalue weighted by Crippen LogP contribution is 2.03. The molecule has 2 atom stereocenters. The molecule has 0 aliphatic rings. The summed E-state index contributed by atoms with van der Waals surface area (Å²) in [5.74, 6) is 0.370. The standard InChI is InChI=1S/C12H25NO3/c1-8(2)6-15-10(5)11(13)12(14)16-7-9(3)4/h8-11H,6-7,13H2,1-5H3/t10?,11-/m0/s1. The Labute approximate surface area is 98.5 Å². The number of hydrogen-bond acceptors (Lipinski definition) is 4. The molecule has 0 heterocycles. The average Bonchev–Trinajstić information content (AvgIpc) is 2.21. The summed E-state index contributed by atoms with van der Waals surface area (Å²) in [4.78, 5) is 11.5. The third kappa shape index (κ3) is 6.80. The Bertz CT molecular complexity index is 204. The second-order valence-electron chi connectivity index (χ2n) is 4.98. The molecule has 0 bridgehead atoms. The summed E-state index contributed by atoms with van der Waals surface area (Å²) in [5, 5.41) is 0. The van der Waals surface area contributed by atoms with Gasteiger partial charge in [-0.1, -0.05) is 27.7 Å². The van der Waals surface area contributed by atoms with Crippen LogP contribution in [0.25, 0.3) is 0 Å². The summed E-state index contributed by atoms with van der Waals surface area (Å²) in [6.45, 7) is 10.9. The van der Waals surface area contributed by atoms with Crippen molar-refractivity contribution in [3.05, 3.63) is 0 Å². The second kappa shape index (κ2) is 7.63. The van der Waals surface area contributed by atoms with E-state index in [0.717, 1.165) is 0 Å². The molecule has 0 spiro atoms. The SMILES string of the molecule is CC(C)COC(=O)[C@@H](N)C(C)OCC(C)C. The minimum atomic E-state index is -0.697. The van der Waals surface area contributed by atoms with Crippen LogP contribution in [0.15, 0.2) is 0 Å². The van der Waals surface area contributed by atoms with Crippen LogP contribution in [0.2, 0.25) is 0 Å². The van der Waals surface area contributed by atoms with E-state index in [9.17, 15) is 4.79 Å². The zero-order chi connectivity index (χ0) is 12.7. The normalized spacial score (nSPS) is 15.2. The number of ether oxygens (including phenoxy) is 2.